The molecule has 1 rings (SSSR count). The number of benzene rings is 1. The smallest absolute Gasteiger partial charge is 0.336 e. The van der Waals surface area contributed by atoms with E-state index in [-0.39, 0.29) is 13.2 Å². The summed E-state index contributed by atoms with van der Waals surface area (Å²) in [6.45, 7) is -0.156. The van der Waals surface area contributed by atoms with Crippen LogP contribution in [0.25, 0.3) is 0 Å². The monoisotopic (exact) mass is 282 g/mol. The van der Waals surface area contributed by atoms with Crippen LogP contribution in [0.1, 0.15) is 5.56 Å². The lowest BCUT2D eigenvalue weighted by Gasteiger charge is -2.12. The Morgan fingerprint density at radius 3 is 2.75 bits per heavy atom. The van der Waals surface area contributed by atoms with Gasteiger partial charge in [0.05, 0.1) is 13.7 Å². The summed E-state index contributed by atoms with van der Waals surface area (Å²) in [5.74, 6) is -0.738. The van der Waals surface area contributed by atoms with Crippen LogP contribution in [0, 0.1) is 0 Å². The van der Waals surface area contributed by atoms with Crippen molar-refractivity contribution < 1.29 is 24.2 Å². The molecule has 110 valence electrons. The highest BCUT2D eigenvalue weighted by Crippen LogP contribution is 2.16. The first-order valence-electron chi connectivity index (χ1n) is 6.01. The summed E-state index contributed by atoms with van der Waals surface area (Å²) in [6, 6.07) is 7.10. The van der Waals surface area contributed by atoms with Gasteiger partial charge in [-0.2, -0.15) is 0 Å². The second-order valence-corrected chi connectivity index (χ2v) is 3.94. The van der Waals surface area contributed by atoms with E-state index < -0.39 is 18.0 Å². The van der Waals surface area contributed by atoms with E-state index in [2.05, 4.69) is 10.1 Å². The van der Waals surface area contributed by atoms with Crippen LogP contribution in [0.5, 0.6) is 5.75 Å². The number of nitrogens with two attached hydrogens (primary N) is 1. The number of aliphatic hydroxyl groups excluding tert-OH is 1. The number of amides is 1. The number of para-hydroxylation sites is 1. The number of ether oxygens (including phenoxy) is 2. The molecular formula is C13H18N2O5. The fourth-order valence-corrected chi connectivity index (χ4v) is 1.44. The maximum absolute atomic E-state index is 11.5. The van der Waals surface area contributed by atoms with Gasteiger partial charge < -0.3 is 25.6 Å². The number of rotatable bonds is 7. The van der Waals surface area contributed by atoms with E-state index in [0.29, 0.717) is 12.3 Å². The SMILES string of the molecule is COC(=O)C(O)CNC(=O)COc1ccccc1CN. The minimum Gasteiger partial charge on any atom is -0.483 e. The normalized spacial score (nSPS) is 11.6. The van der Waals surface area contributed by atoms with Crippen molar-refractivity contribution in [1.82, 2.24) is 5.32 Å². The Labute approximate surface area is 116 Å². The summed E-state index contributed by atoms with van der Waals surface area (Å²) >= 11 is 0. The molecule has 1 atom stereocenters. The molecule has 7 nitrogen and oxygen atoms in total. The van der Waals surface area contributed by atoms with Crippen LogP contribution in [-0.4, -0.2) is 43.3 Å². The first-order chi connectivity index (χ1) is 9.58. The van der Waals surface area contributed by atoms with Crippen LogP contribution < -0.4 is 15.8 Å². The third kappa shape index (κ3) is 4.87. The lowest BCUT2D eigenvalue weighted by atomic mass is 10.2. The van der Waals surface area contributed by atoms with Crippen molar-refractivity contribution in [2.45, 2.75) is 12.6 Å². The van der Waals surface area contributed by atoms with Crippen molar-refractivity contribution in [3.8, 4) is 5.75 Å². The second-order valence-electron chi connectivity index (χ2n) is 3.94. The van der Waals surface area contributed by atoms with Gasteiger partial charge in [0.15, 0.2) is 12.7 Å². The van der Waals surface area contributed by atoms with Crippen LogP contribution in [0.15, 0.2) is 24.3 Å². The Kier molecular flexibility index (Phi) is 6.48. The quantitative estimate of drug-likeness (QED) is 0.563. The minimum absolute atomic E-state index is 0.229. The van der Waals surface area contributed by atoms with Crippen molar-refractivity contribution in [3.63, 3.8) is 0 Å². The maximum atomic E-state index is 11.5. The third-order valence-electron chi connectivity index (χ3n) is 2.52. The molecule has 1 unspecified atom stereocenters. The third-order valence-corrected chi connectivity index (χ3v) is 2.52. The van der Waals surface area contributed by atoms with Crippen molar-refractivity contribution in [1.29, 1.82) is 0 Å². The van der Waals surface area contributed by atoms with Gasteiger partial charge in [-0.1, -0.05) is 18.2 Å². The van der Waals surface area contributed by atoms with Gasteiger partial charge in [0.1, 0.15) is 5.75 Å². The highest BCUT2D eigenvalue weighted by molar-refractivity contribution is 5.79. The molecule has 0 aliphatic heterocycles. The molecule has 1 aromatic carbocycles. The summed E-state index contributed by atoms with van der Waals surface area (Å²) < 4.78 is 9.64. The molecule has 1 amide bonds. The molecule has 0 spiro atoms. The van der Waals surface area contributed by atoms with Gasteiger partial charge in [-0.15, -0.1) is 0 Å². The summed E-state index contributed by atoms with van der Waals surface area (Å²) in [6.07, 6.45) is -1.39. The number of esters is 1. The number of hydrogen-bond donors (Lipinski definition) is 3. The zero-order chi connectivity index (χ0) is 15.0. The van der Waals surface area contributed by atoms with Gasteiger partial charge in [-0.05, 0) is 6.07 Å². The summed E-state index contributed by atoms with van der Waals surface area (Å²) in [7, 11) is 1.15. The molecule has 0 radical (unpaired) electrons. The number of methoxy groups -OCH3 is 1. The van der Waals surface area contributed by atoms with Crippen LogP contribution in [-0.2, 0) is 20.9 Å². The van der Waals surface area contributed by atoms with Crippen molar-refractivity contribution in [2.75, 3.05) is 20.3 Å². The van der Waals surface area contributed by atoms with Crippen molar-refractivity contribution in [3.05, 3.63) is 29.8 Å². The highest BCUT2D eigenvalue weighted by atomic mass is 16.5. The molecule has 0 bridgehead atoms. The van der Waals surface area contributed by atoms with Crippen LogP contribution in [0.2, 0.25) is 0 Å². The summed E-state index contributed by atoms with van der Waals surface area (Å²) in [5.41, 5.74) is 6.33. The van der Waals surface area contributed by atoms with Gasteiger partial charge in [0.25, 0.3) is 5.91 Å². The standard InChI is InChI=1S/C13H18N2O5/c1-19-13(18)10(16)7-15-12(17)8-20-11-5-3-2-4-9(11)6-14/h2-5,10,16H,6-8,14H2,1H3,(H,15,17). The molecule has 0 aliphatic carbocycles. The summed E-state index contributed by atoms with van der Waals surface area (Å²) in [4.78, 5) is 22.4. The van der Waals surface area contributed by atoms with E-state index in [1.165, 1.54) is 0 Å². The predicted molar refractivity (Wildman–Crippen MR) is 70.9 cm³/mol. The topological polar surface area (TPSA) is 111 Å². The van der Waals surface area contributed by atoms with E-state index in [4.69, 9.17) is 10.5 Å². The molecule has 20 heavy (non-hydrogen) atoms. The first kappa shape index (κ1) is 15.9. The molecule has 0 aromatic heterocycles. The highest BCUT2D eigenvalue weighted by Gasteiger charge is 2.16. The van der Waals surface area contributed by atoms with Gasteiger partial charge in [-0.25, -0.2) is 4.79 Å². The predicted octanol–water partition coefficient (Wildman–Crippen LogP) is -0.826. The number of carbonyl (C=O) groups is 2. The zero-order valence-electron chi connectivity index (χ0n) is 11.2. The first-order valence-corrected chi connectivity index (χ1v) is 6.01. The molecule has 0 fully saturated rings. The van der Waals surface area contributed by atoms with E-state index in [9.17, 15) is 14.7 Å². The Bertz CT molecular complexity index is 464. The molecule has 0 saturated heterocycles. The summed E-state index contributed by atoms with van der Waals surface area (Å²) in [5, 5.41) is 11.6. The Morgan fingerprint density at radius 2 is 2.10 bits per heavy atom. The Hall–Kier alpha value is -2.12. The molecule has 0 aliphatic rings. The van der Waals surface area contributed by atoms with Gasteiger partial charge >= 0.3 is 5.97 Å². The average molecular weight is 282 g/mol. The Morgan fingerprint density at radius 1 is 1.40 bits per heavy atom. The van der Waals surface area contributed by atoms with Crippen LogP contribution in [0.3, 0.4) is 0 Å². The molecular weight excluding hydrogens is 264 g/mol. The fraction of sp³-hybridized carbons (Fsp3) is 0.385. The lowest BCUT2D eigenvalue weighted by Crippen LogP contribution is -2.39. The molecule has 0 saturated carbocycles. The number of hydrogen-bond acceptors (Lipinski definition) is 6. The van der Waals surface area contributed by atoms with Gasteiger partial charge in [-0.3, -0.25) is 4.79 Å². The molecule has 0 heterocycles. The molecule has 1 aromatic rings. The zero-order valence-corrected chi connectivity index (χ0v) is 11.2. The Balaban J connectivity index is 2.38. The lowest BCUT2D eigenvalue weighted by molar-refractivity contribution is -0.150. The number of aliphatic hydroxyl groups is 1. The fourth-order valence-electron chi connectivity index (χ4n) is 1.44. The van der Waals surface area contributed by atoms with E-state index >= 15 is 0 Å². The number of nitrogens with one attached hydrogen (secondary N) is 1. The molecule has 4 N–H and O–H groups in total. The van der Waals surface area contributed by atoms with E-state index in [0.717, 1.165) is 12.7 Å². The average Bonchev–Trinajstić information content (AvgIpc) is 2.49. The van der Waals surface area contributed by atoms with E-state index in [1.54, 1.807) is 18.2 Å². The van der Waals surface area contributed by atoms with Crippen molar-refractivity contribution in [2.24, 2.45) is 5.73 Å². The van der Waals surface area contributed by atoms with Gasteiger partial charge in [0.2, 0.25) is 0 Å². The van der Waals surface area contributed by atoms with Crippen LogP contribution in [0.4, 0.5) is 0 Å². The second kappa shape index (κ2) is 8.13. The maximum Gasteiger partial charge on any atom is 0.336 e. The van der Waals surface area contributed by atoms with Crippen LogP contribution >= 0.6 is 0 Å². The largest absolute Gasteiger partial charge is 0.483 e. The molecule has 7 heteroatoms. The minimum atomic E-state index is -1.39. The van der Waals surface area contributed by atoms with E-state index in [1.807, 2.05) is 6.07 Å². The van der Waals surface area contributed by atoms with Crippen molar-refractivity contribution >= 4 is 11.9 Å². The van der Waals surface area contributed by atoms with Gasteiger partial charge in [0, 0.05) is 12.1 Å². The number of carbonyl (C=O) groups excluding carboxylic acids is 2.